The minimum Gasteiger partial charge on any atom is -0.352 e. The van der Waals surface area contributed by atoms with Crippen LogP contribution in [-0.2, 0) is 12.7 Å². The smallest absolute Gasteiger partial charge is 0.352 e. The number of imidazole rings is 1. The fraction of sp³-hybridized carbons (Fsp3) is 0.227. The van der Waals surface area contributed by atoms with Crippen LogP contribution in [0.2, 0.25) is 0 Å². The minimum absolute atomic E-state index is 0.221. The highest BCUT2D eigenvalue weighted by atomic mass is 19.4. The van der Waals surface area contributed by atoms with E-state index in [0.29, 0.717) is 13.0 Å². The number of carbonyl (C=O) groups is 1. The summed E-state index contributed by atoms with van der Waals surface area (Å²) < 4.78 is 43.9. The number of alkyl halides is 3. The van der Waals surface area contributed by atoms with Gasteiger partial charge in [0.25, 0.3) is 5.91 Å². The van der Waals surface area contributed by atoms with Crippen LogP contribution in [0.15, 0.2) is 61.1 Å². The van der Waals surface area contributed by atoms with E-state index in [1.807, 2.05) is 35.8 Å². The van der Waals surface area contributed by atoms with Gasteiger partial charge in [0, 0.05) is 13.1 Å². The first-order valence-electron chi connectivity index (χ1n) is 9.75. The van der Waals surface area contributed by atoms with Gasteiger partial charge in [-0.3, -0.25) is 4.79 Å². The average molecular weight is 427 g/mol. The predicted molar refractivity (Wildman–Crippen MR) is 110 cm³/mol. The van der Waals surface area contributed by atoms with Gasteiger partial charge in [-0.1, -0.05) is 29.8 Å². The van der Waals surface area contributed by atoms with Crippen molar-refractivity contribution in [2.75, 3.05) is 6.54 Å². The fourth-order valence-electron chi connectivity index (χ4n) is 3.40. The van der Waals surface area contributed by atoms with Crippen LogP contribution in [0.4, 0.5) is 13.2 Å². The predicted octanol–water partition coefficient (Wildman–Crippen LogP) is 4.37. The van der Waals surface area contributed by atoms with E-state index in [-0.39, 0.29) is 12.2 Å². The Balaban J connectivity index is 1.46. The van der Waals surface area contributed by atoms with Gasteiger partial charge in [0.15, 0.2) is 5.69 Å². The zero-order chi connectivity index (χ0) is 22.0. The molecule has 0 bridgehead atoms. The monoisotopic (exact) mass is 427 g/mol. The van der Waals surface area contributed by atoms with E-state index in [4.69, 9.17) is 0 Å². The van der Waals surface area contributed by atoms with E-state index < -0.39 is 23.3 Å². The van der Waals surface area contributed by atoms with Gasteiger partial charge < -0.3 is 9.88 Å². The van der Waals surface area contributed by atoms with E-state index in [9.17, 15) is 18.0 Å². The highest BCUT2D eigenvalue weighted by Gasteiger charge is 2.40. The lowest BCUT2D eigenvalue weighted by atomic mass is 10.2. The molecule has 31 heavy (non-hydrogen) atoms. The van der Waals surface area contributed by atoms with Crippen LogP contribution in [0.5, 0.6) is 0 Å². The van der Waals surface area contributed by atoms with Crippen molar-refractivity contribution < 1.29 is 18.0 Å². The fourth-order valence-corrected chi connectivity index (χ4v) is 3.40. The van der Waals surface area contributed by atoms with Gasteiger partial charge in [0.2, 0.25) is 0 Å². The number of para-hydroxylation sites is 2. The number of hydrogen-bond donors (Lipinski definition) is 1. The summed E-state index contributed by atoms with van der Waals surface area (Å²) in [5.41, 5.74) is 1.39. The van der Waals surface area contributed by atoms with E-state index >= 15 is 0 Å². The number of aryl methyl sites for hydroxylation is 2. The van der Waals surface area contributed by atoms with Gasteiger partial charge in [-0.15, -0.1) is 0 Å². The third kappa shape index (κ3) is 4.30. The molecule has 0 atom stereocenters. The van der Waals surface area contributed by atoms with Crippen LogP contribution >= 0.6 is 0 Å². The second-order valence-corrected chi connectivity index (χ2v) is 7.19. The molecule has 1 amide bonds. The molecule has 0 radical (unpaired) electrons. The van der Waals surface area contributed by atoms with Crippen LogP contribution in [0, 0.1) is 6.92 Å². The lowest BCUT2D eigenvalue weighted by Crippen LogP contribution is -2.28. The zero-order valence-electron chi connectivity index (χ0n) is 16.7. The first kappa shape index (κ1) is 20.6. The number of carbonyl (C=O) groups excluding carboxylic acids is 1. The highest BCUT2D eigenvalue weighted by molar-refractivity contribution is 5.95. The van der Waals surface area contributed by atoms with Crippen molar-refractivity contribution in [2.45, 2.75) is 26.1 Å². The lowest BCUT2D eigenvalue weighted by molar-refractivity contribution is -0.143. The molecule has 1 N–H and O–H groups in total. The Morgan fingerprint density at radius 2 is 1.84 bits per heavy atom. The summed E-state index contributed by atoms with van der Waals surface area (Å²) in [6.45, 7) is 2.64. The molecule has 2 aromatic heterocycles. The molecule has 6 nitrogen and oxygen atoms in total. The van der Waals surface area contributed by atoms with Crippen molar-refractivity contribution in [3.05, 3.63) is 77.9 Å². The summed E-state index contributed by atoms with van der Waals surface area (Å²) in [5.74, 6) is -0.804. The quantitative estimate of drug-likeness (QED) is 0.465. The molecule has 0 fully saturated rings. The van der Waals surface area contributed by atoms with Crippen molar-refractivity contribution in [1.82, 2.24) is 24.6 Å². The summed E-state index contributed by atoms with van der Waals surface area (Å²) in [6.07, 6.45) is -1.52. The van der Waals surface area contributed by atoms with Crippen LogP contribution in [0.25, 0.3) is 16.7 Å². The Hall–Kier alpha value is -3.62. The van der Waals surface area contributed by atoms with Crippen molar-refractivity contribution in [3.63, 3.8) is 0 Å². The molecule has 0 aliphatic heterocycles. The maximum absolute atomic E-state index is 13.7. The molecule has 4 aromatic rings. The van der Waals surface area contributed by atoms with E-state index in [1.54, 1.807) is 18.5 Å². The van der Waals surface area contributed by atoms with Crippen LogP contribution in [0.1, 0.15) is 28.0 Å². The molecule has 0 saturated carbocycles. The summed E-state index contributed by atoms with van der Waals surface area (Å²) in [4.78, 5) is 16.8. The maximum Gasteiger partial charge on any atom is 0.434 e. The van der Waals surface area contributed by atoms with E-state index in [0.717, 1.165) is 27.5 Å². The van der Waals surface area contributed by atoms with Crippen molar-refractivity contribution in [3.8, 4) is 5.69 Å². The normalized spacial score (nSPS) is 11.7. The first-order chi connectivity index (χ1) is 14.8. The van der Waals surface area contributed by atoms with Crippen LogP contribution < -0.4 is 5.32 Å². The topological polar surface area (TPSA) is 64.7 Å². The van der Waals surface area contributed by atoms with Crippen molar-refractivity contribution >= 4 is 16.9 Å². The minimum atomic E-state index is -4.73. The molecule has 0 aliphatic carbocycles. The lowest BCUT2D eigenvalue weighted by Gasteiger charge is -2.13. The molecule has 2 aromatic carbocycles. The molecular formula is C22H20F3N5O. The molecule has 0 aliphatic rings. The summed E-state index contributed by atoms with van der Waals surface area (Å²) in [6, 6.07) is 14.1. The van der Waals surface area contributed by atoms with Gasteiger partial charge in [-0.05, 0) is 37.6 Å². The Labute approximate surface area is 176 Å². The Morgan fingerprint density at radius 1 is 1.10 bits per heavy atom. The SMILES string of the molecule is Cc1ccc(-n2ncc(C(=O)NCCCn3cnc4ccccc43)c2C(F)(F)F)cc1. The molecule has 0 spiro atoms. The number of benzene rings is 2. The molecule has 0 saturated heterocycles. The van der Waals surface area contributed by atoms with Crippen LogP contribution in [0.3, 0.4) is 0 Å². The zero-order valence-corrected chi connectivity index (χ0v) is 16.7. The van der Waals surface area contributed by atoms with E-state index in [1.165, 1.54) is 12.1 Å². The van der Waals surface area contributed by atoms with Gasteiger partial charge in [-0.2, -0.15) is 18.3 Å². The molecule has 160 valence electrons. The summed E-state index contributed by atoms with van der Waals surface area (Å²) >= 11 is 0. The number of fused-ring (bicyclic) bond motifs is 1. The number of aromatic nitrogens is 4. The standard InChI is InChI=1S/C22H20F3N5O/c1-15-7-9-16(10-8-15)30-20(22(23,24)25)17(13-28-30)21(31)26-11-4-12-29-14-27-18-5-2-3-6-19(18)29/h2-3,5-10,13-14H,4,11-12H2,1H3,(H,26,31). The Bertz CT molecular complexity index is 1210. The number of hydrogen-bond acceptors (Lipinski definition) is 3. The van der Waals surface area contributed by atoms with Gasteiger partial charge in [0.05, 0.1) is 34.8 Å². The van der Waals surface area contributed by atoms with Crippen LogP contribution in [-0.4, -0.2) is 31.8 Å². The average Bonchev–Trinajstić information content (AvgIpc) is 3.36. The van der Waals surface area contributed by atoms with Gasteiger partial charge in [0.1, 0.15) is 0 Å². The highest BCUT2D eigenvalue weighted by Crippen LogP contribution is 2.33. The molecule has 9 heteroatoms. The number of rotatable bonds is 6. The molecule has 0 unspecified atom stereocenters. The Morgan fingerprint density at radius 3 is 2.58 bits per heavy atom. The molecule has 4 rings (SSSR count). The van der Waals surface area contributed by atoms with Crippen molar-refractivity contribution in [1.29, 1.82) is 0 Å². The number of amides is 1. The summed E-state index contributed by atoms with van der Waals surface area (Å²) in [7, 11) is 0. The third-order valence-electron chi connectivity index (χ3n) is 4.95. The van der Waals surface area contributed by atoms with E-state index in [2.05, 4.69) is 15.4 Å². The first-order valence-corrected chi connectivity index (χ1v) is 9.75. The van der Waals surface area contributed by atoms with Crippen molar-refractivity contribution in [2.24, 2.45) is 0 Å². The third-order valence-corrected chi connectivity index (χ3v) is 4.95. The molecular weight excluding hydrogens is 407 g/mol. The largest absolute Gasteiger partial charge is 0.434 e. The summed E-state index contributed by atoms with van der Waals surface area (Å²) in [5, 5.41) is 6.40. The van der Waals surface area contributed by atoms with Gasteiger partial charge >= 0.3 is 6.18 Å². The number of nitrogens with zero attached hydrogens (tertiary/aromatic N) is 4. The second kappa shape index (κ2) is 8.25. The van der Waals surface area contributed by atoms with Gasteiger partial charge in [-0.25, -0.2) is 9.67 Å². The number of nitrogens with one attached hydrogen (secondary N) is 1. The Kier molecular flexibility index (Phi) is 5.50. The number of halogens is 3. The second-order valence-electron chi connectivity index (χ2n) is 7.19. The molecule has 2 heterocycles. The maximum atomic E-state index is 13.7.